The van der Waals surface area contributed by atoms with E-state index in [1.807, 2.05) is 17.7 Å². The van der Waals surface area contributed by atoms with Crippen LogP contribution in [0.25, 0.3) is 4.96 Å². The second-order valence-corrected chi connectivity index (χ2v) is 6.45. The number of aliphatic imine (C=N–C) groups is 1. The number of amidine groups is 1. The maximum absolute atomic E-state index is 12.1. The van der Waals surface area contributed by atoms with Crippen LogP contribution in [0.2, 0.25) is 0 Å². The largest absolute Gasteiger partial charge is 0.322 e. The zero-order valence-electron chi connectivity index (χ0n) is 11.2. The van der Waals surface area contributed by atoms with Crippen LogP contribution in [0.4, 0.5) is 5.95 Å². The molecule has 2 aromatic heterocycles. The van der Waals surface area contributed by atoms with E-state index in [0.29, 0.717) is 12.4 Å². The van der Waals surface area contributed by atoms with Gasteiger partial charge in [-0.3, -0.25) is 15.1 Å². The summed E-state index contributed by atoms with van der Waals surface area (Å²) < 4.78 is 1.73. The minimum atomic E-state index is -0.106. The van der Waals surface area contributed by atoms with Crippen molar-refractivity contribution in [2.75, 3.05) is 18.4 Å². The molecule has 0 bridgehead atoms. The smallest absolute Gasteiger partial charge is 0.250 e. The molecule has 0 radical (unpaired) electrons. The molecule has 0 spiro atoms. The number of thiazole rings is 1. The van der Waals surface area contributed by atoms with Gasteiger partial charge in [-0.05, 0) is 12.3 Å². The average Bonchev–Trinajstić information content (AvgIpc) is 3.16. The molecule has 0 unspecified atom stereocenters. The third kappa shape index (κ3) is 2.22. The highest BCUT2D eigenvalue weighted by Crippen LogP contribution is 2.30. The molecular formula is C12H12N6OS2. The lowest BCUT2D eigenvalue weighted by atomic mass is 10.3. The van der Waals surface area contributed by atoms with Crippen molar-refractivity contribution in [3.8, 4) is 0 Å². The summed E-state index contributed by atoms with van der Waals surface area (Å²) in [4.78, 5) is 23.7. The van der Waals surface area contributed by atoms with Crippen LogP contribution in [0.15, 0.2) is 21.5 Å². The zero-order valence-corrected chi connectivity index (χ0v) is 12.9. The Hall–Kier alpha value is -1.87. The van der Waals surface area contributed by atoms with Crippen LogP contribution in [0.5, 0.6) is 0 Å². The van der Waals surface area contributed by atoms with E-state index in [9.17, 15) is 4.79 Å². The van der Waals surface area contributed by atoms with Gasteiger partial charge in [0.1, 0.15) is 0 Å². The summed E-state index contributed by atoms with van der Waals surface area (Å²) in [5.41, 5.74) is 2.00. The molecule has 9 heteroatoms. The maximum atomic E-state index is 12.1. The van der Waals surface area contributed by atoms with Gasteiger partial charge in [-0.15, -0.1) is 16.4 Å². The Morgan fingerprint density at radius 1 is 1.52 bits per heavy atom. The van der Waals surface area contributed by atoms with Crippen molar-refractivity contribution in [3.63, 3.8) is 0 Å². The number of aryl methyl sites for hydroxylation is 1. The van der Waals surface area contributed by atoms with Crippen LogP contribution < -0.4 is 5.32 Å². The molecule has 0 saturated heterocycles. The molecular weight excluding hydrogens is 308 g/mol. The summed E-state index contributed by atoms with van der Waals surface area (Å²) in [6, 6.07) is 0. The number of rotatable bonds is 3. The summed E-state index contributed by atoms with van der Waals surface area (Å²) in [7, 11) is 0. The highest BCUT2D eigenvalue weighted by atomic mass is 32.2. The van der Waals surface area contributed by atoms with Crippen LogP contribution in [-0.4, -0.2) is 43.7 Å². The number of amides is 1. The Labute approximate surface area is 128 Å². The Morgan fingerprint density at radius 3 is 3.29 bits per heavy atom. The first kappa shape index (κ1) is 12.8. The van der Waals surface area contributed by atoms with E-state index in [1.165, 1.54) is 11.3 Å². The molecule has 2 aliphatic rings. The molecule has 0 aliphatic carbocycles. The van der Waals surface area contributed by atoms with Gasteiger partial charge in [-0.2, -0.15) is 4.98 Å². The first-order valence-corrected chi connectivity index (χ1v) is 8.25. The predicted octanol–water partition coefficient (Wildman–Crippen LogP) is 1.69. The molecule has 2 aromatic rings. The third-order valence-electron chi connectivity index (χ3n) is 3.29. The van der Waals surface area contributed by atoms with Crippen molar-refractivity contribution in [3.05, 3.63) is 22.2 Å². The van der Waals surface area contributed by atoms with Crippen molar-refractivity contribution in [2.24, 2.45) is 4.99 Å². The zero-order chi connectivity index (χ0) is 14.4. The first-order valence-electron chi connectivity index (χ1n) is 6.49. The molecule has 1 N–H and O–H groups in total. The number of aromatic nitrogens is 3. The summed E-state index contributed by atoms with van der Waals surface area (Å²) >= 11 is 3.08. The maximum Gasteiger partial charge on any atom is 0.250 e. The fraction of sp³-hybridized carbons (Fsp3) is 0.333. The molecule has 108 valence electrons. The summed E-state index contributed by atoms with van der Waals surface area (Å²) in [6.45, 7) is 3.62. The molecule has 7 nitrogen and oxygen atoms in total. The van der Waals surface area contributed by atoms with Gasteiger partial charge in [0.25, 0.3) is 0 Å². The van der Waals surface area contributed by atoms with Gasteiger partial charge in [0, 0.05) is 17.6 Å². The van der Waals surface area contributed by atoms with Gasteiger partial charge in [0.2, 0.25) is 16.8 Å². The van der Waals surface area contributed by atoms with Gasteiger partial charge >= 0.3 is 0 Å². The van der Waals surface area contributed by atoms with Crippen molar-refractivity contribution < 1.29 is 4.79 Å². The number of hydrogen-bond acceptors (Lipinski definition) is 7. The standard InChI is InChI=1S/C12H12N6OS2/c1-7-5-20-12-15-10(16-18(7)12)14-9(19)4-8-6-21-11-13-2-3-17(8)11/h5-6H,2-4H2,1H3,(H,14,16,19). The summed E-state index contributed by atoms with van der Waals surface area (Å²) in [6.07, 6.45) is 0.317. The van der Waals surface area contributed by atoms with E-state index < -0.39 is 0 Å². The van der Waals surface area contributed by atoms with Gasteiger partial charge in [-0.1, -0.05) is 11.8 Å². The SMILES string of the molecule is Cc1csc2nc(NC(=O)CC3=CSC4=NCCN34)nn12. The van der Waals surface area contributed by atoms with E-state index in [1.54, 1.807) is 16.3 Å². The lowest BCUT2D eigenvalue weighted by Crippen LogP contribution is -2.24. The molecule has 4 rings (SSSR count). The quantitative estimate of drug-likeness (QED) is 0.931. The fourth-order valence-electron chi connectivity index (χ4n) is 2.29. The molecule has 0 fully saturated rings. The van der Waals surface area contributed by atoms with E-state index in [-0.39, 0.29) is 5.91 Å². The highest BCUT2D eigenvalue weighted by Gasteiger charge is 2.27. The Bertz CT molecular complexity index is 789. The van der Waals surface area contributed by atoms with Crippen LogP contribution in [-0.2, 0) is 4.79 Å². The van der Waals surface area contributed by atoms with E-state index >= 15 is 0 Å². The monoisotopic (exact) mass is 320 g/mol. The summed E-state index contributed by atoms with van der Waals surface area (Å²) in [5.74, 6) is 0.252. The van der Waals surface area contributed by atoms with Crippen molar-refractivity contribution >= 4 is 45.1 Å². The number of nitrogens with one attached hydrogen (secondary N) is 1. The number of thioether (sulfide) groups is 1. The van der Waals surface area contributed by atoms with Crippen LogP contribution in [0.3, 0.4) is 0 Å². The second-order valence-electron chi connectivity index (χ2n) is 4.77. The molecule has 4 heterocycles. The fourth-order valence-corrected chi connectivity index (χ4v) is 4.05. The van der Waals surface area contributed by atoms with Crippen molar-refractivity contribution in [2.45, 2.75) is 13.3 Å². The normalized spacial score (nSPS) is 17.1. The molecule has 0 saturated carbocycles. The Kier molecular flexibility index (Phi) is 2.96. The average molecular weight is 320 g/mol. The molecule has 1 amide bonds. The van der Waals surface area contributed by atoms with E-state index in [4.69, 9.17) is 0 Å². The van der Waals surface area contributed by atoms with Gasteiger partial charge in [0.15, 0.2) is 5.17 Å². The van der Waals surface area contributed by atoms with Crippen LogP contribution >= 0.6 is 23.1 Å². The Balaban J connectivity index is 1.45. The molecule has 0 atom stereocenters. The van der Waals surface area contributed by atoms with E-state index in [2.05, 4.69) is 25.3 Å². The number of anilines is 1. The second kappa shape index (κ2) is 4.85. The molecule has 21 heavy (non-hydrogen) atoms. The molecule has 0 aromatic carbocycles. The number of nitrogens with zero attached hydrogens (tertiary/aromatic N) is 5. The number of hydrogen-bond donors (Lipinski definition) is 1. The molecule has 2 aliphatic heterocycles. The minimum Gasteiger partial charge on any atom is -0.322 e. The van der Waals surface area contributed by atoms with Gasteiger partial charge in [-0.25, -0.2) is 4.52 Å². The van der Waals surface area contributed by atoms with Crippen LogP contribution in [0.1, 0.15) is 12.1 Å². The third-order valence-corrected chi connectivity index (χ3v) is 5.17. The van der Waals surface area contributed by atoms with Gasteiger partial charge in [0.05, 0.1) is 18.7 Å². The highest BCUT2D eigenvalue weighted by molar-refractivity contribution is 8.16. The minimum absolute atomic E-state index is 0.106. The number of carbonyl (C=O) groups is 1. The lowest BCUT2D eigenvalue weighted by Gasteiger charge is -2.15. The van der Waals surface area contributed by atoms with Crippen molar-refractivity contribution in [1.29, 1.82) is 0 Å². The Morgan fingerprint density at radius 2 is 2.43 bits per heavy atom. The lowest BCUT2D eigenvalue weighted by molar-refractivity contribution is -0.115. The van der Waals surface area contributed by atoms with Crippen LogP contribution in [0, 0.1) is 6.92 Å². The van der Waals surface area contributed by atoms with Crippen molar-refractivity contribution in [1.82, 2.24) is 19.5 Å². The van der Waals surface area contributed by atoms with Gasteiger partial charge < -0.3 is 4.90 Å². The predicted molar refractivity (Wildman–Crippen MR) is 83.5 cm³/mol. The summed E-state index contributed by atoms with van der Waals surface area (Å²) in [5, 5.41) is 12.0. The number of fused-ring (bicyclic) bond motifs is 2. The number of carbonyl (C=O) groups excluding carboxylic acids is 1. The first-order chi connectivity index (χ1) is 10.2. The van der Waals surface area contributed by atoms with E-state index in [0.717, 1.165) is 34.6 Å². The topological polar surface area (TPSA) is 74.9 Å².